The summed E-state index contributed by atoms with van der Waals surface area (Å²) in [5.41, 5.74) is 0. The molecule has 0 atom stereocenters. The van der Waals surface area contributed by atoms with Gasteiger partial charge in [0.05, 0.1) is 13.2 Å². The predicted molar refractivity (Wildman–Crippen MR) is 56.5 cm³/mol. The minimum Gasteiger partial charge on any atom is -0.396 e. The molecule has 4 nitrogen and oxygen atoms in total. The van der Waals surface area contributed by atoms with Gasteiger partial charge in [0.1, 0.15) is 0 Å². The van der Waals surface area contributed by atoms with Crippen molar-refractivity contribution in [3.05, 3.63) is 0 Å². The van der Waals surface area contributed by atoms with E-state index in [0.717, 1.165) is 19.6 Å². The van der Waals surface area contributed by atoms with Crippen molar-refractivity contribution in [1.29, 1.82) is 0 Å². The number of aliphatic hydroxyl groups is 1. The van der Waals surface area contributed by atoms with Crippen LogP contribution in [0.15, 0.2) is 0 Å². The summed E-state index contributed by atoms with van der Waals surface area (Å²) in [7, 11) is 4.11. The number of rotatable bonds is 10. The fourth-order valence-corrected chi connectivity index (χ4v) is 0.971. The van der Waals surface area contributed by atoms with Crippen molar-refractivity contribution >= 4 is 0 Å². The summed E-state index contributed by atoms with van der Waals surface area (Å²) in [4.78, 5) is 2.14. The Morgan fingerprint density at radius 1 is 0.929 bits per heavy atom. The fraction of sp³-hybridized carbons (Fsp3) is 1.00. The van der Waals surface area contributed by atoms with E-state index in [1.54, 1.807) is 0 Å². The quantitative estimate of drug-likeness (QED) is 0.523. The fourth-order valence-electron chi connectivity index (χ4n) is 0.971. The maximum absolute atomic E-state index is 8.48. The monoisotopic (exact) mass is 205 g/mol. The van der Waals surface area contributed by atoms with Crippen LogP contribution in [0.25, 0.3) is 0 Å². The zero-order valence-electron chi connectivity index (χ0n) is 9.37. The summed E-state index contributed by atoms with van der Waals surface area (Å²) in [5, 5.41) is 8.48. The average molecular weight is 205 g/mol. The number of hydrogen-bond acceptors (Lipinski definition) is 4. The highest BCUT2D eigenvalue weighted by Gasteiger charge is 1.92. The van der Waals surface area contributed by atoms with Crippen LogP contribution < -0.4 is 0 Å². The van der Waals surface area contributed by atoms with E-state index >= 15 is 0 Å². The van der Waals surface area contributed by atoms with Gasteiger partial charge in [0.15, 0.2) is 0 Å². The van der Waals surface area contributed by atoms with Gasteiger partial charge >= 0.3 is 0 Å². The molecule has 0 bridgehead atoms. The van der Waals surface area contributed by atoms with Crippen LogP contribution in [0.4, 0.5) is 0 Å². The third-order valence-corrected chi connectivity index (χ3v) is 1.71. The van der Waals surface area contributed by atoms with E-state index in [1.165, 1.54) is 0 Å². The summed E-state index contributed by atoms with van der Waals surface area (Å²) in [5.74, 6) is 0. The lowest BCUT2D eigenvalue weighted by atomic mass is 10.4. The zero-order valence-corrected chi connectivity index (χ0v) is 9.37. The van der Waals surface area contributed by atoms with Gasteiger partial charge < -0.3 is 19.5 Å². The van der Waals surface area contributed by atoms with E-state index in [-0.39, 0.29) is 6.61 Å². The minimum atomic E-state index is 0.198. The lowest BCUT2D eigenvalue weighted by Gasteiger charge is -2.09. The largest absolute Gasteiger partial charge is 0.396 e. The standard InChI is InChI=1S/C10H23NO3/c1-11(2)5-3-7-13-9-10-14-8-4-6-12/h12H,3-10H2,1-2H3. The Kier molecular flexibility index (Phi) is 10.8. The Bertz CT molecular complexity index is 110. The van der Waals surface area contributed by atoms with E-state index in [2.05, 4.69) is 19.0 Å². The van der Waals surface area contributed by atoms with Crippen molar-refractivity contribution in [3.8, 4) is 0 Å². The second kappa shape index (κ2) is 10.9. The summed E-state index contributed by atoms with van der Waals surface area (Å²) in [6, 6.07) is 0. The molecule has 4 heteroatoms. The van der Waals surface area contributed by atoms with Crippen molar-refractivity contribution in [2.24, 2.45) is 0 Å². The first-order valence-corrected chi connectivity index (χ1v) is 5.18. The Labute approximate surface area is 86.8 Å². The summed E-state index contributed by atoms with van der Waals surface area (Å²) in [6.07, 6.45) is 1.77. The molecule has 0 aromatic carbocycles. The maximum Gasteiger partial charge on any atom is 0.0700 e. The van der Waals surface area contributed by atoms with Crippen molar-refractivity contribution < 1.29 is 14.6 Å². The predicted octanol–water partition coefficient (Wildman–Crippen LogP) is 0.354. The molecule has 86 valence electrons. The Morgan fingerprint density at radius 3 is 2.00 bits per heavy atom. The van der Waals surface area contributed by atoms with E-state index in [1.807, 2.05) is 0 Å². The Balaban J connectivity index is 2.85. The molecule has 0 aromatic heterocycles. The van der Waals surface area contributed by atoms with Crippen molar-refractivity contribution in [2.45, 2.75) is 12.8 Å². The first-order chi connectivity index (χ1) is 6.77. The van der Waals surface area contributed by atoms with Crippen molar-refractivity contribution in [3.63, 3.8) is 0 Å². The third-order valence-electron chi connectivity index (χ3n) is 1.71. The topological polar surface area (TPSA) is 41.9 Å². The number of aliphatic hydroxyl groups excluding tert-OH is 1. The van der Waals surface area contributed by atoms with E-state index in [9.17, 15) is 0 Å². The maximum atomic E-state index is 8.48. The van der Waals surface area contributed by atoms with Crippen LogP contribution in [0.2, 0.25) is 0 Å². The minimum absolute atomic E-state index is 0.198. The molecular weight excluding hydrogens is 182 g/mol. The molecule has 0 saturated heterocycles. The molecule has 0 saturated carbocycles. The molecular formula is C10H23NO3. The van der Waals surface area contributed by atoms with Crippen LogP contribution in [0.5, 0.6) is 0 Å². The molecule has 0 radical (unpaired) electrons. The normalized spacial score (nSPS) is 11.1. The van der Waals surface area contributed by atoms with Crippen molar-refractivity contribution in [1.82, 2.24) is 4.90 Å². The lowest BCUT2D eigenvalue weighted by Crippen LogP contribution is -2.15. The smallest absolute Gasteiger partial charge is 0.0700 e. The summed E-state index contributed by atoms with van der Waals surface area (Å²) >= 11 is 0. The van der Waals surface area contributed by atoms with Crippen LogP contribution in [-0.2, 0) is 9.47 Å². The molecule has 0 fully saturated rings. The van der Waals surface area contributed by atoms with Crippen LogP contribution in [0, 0.1) is 0 Å². The van der Waals surface area contributed by atoms with E-state index in [4.69, 9.17) is 14.6 Å². The molecule has 0 spiro atoms. The van der Waals surface area contributed by atoms with E-state index < -0.39 is 0 Å². The molecule has 0 amide bonds. The SMILES string of the molecule is CN(C)CCCOCCOCCCO. The van der Waals surface area contributed by atoms with Crippen LogP contribution in [0.1, 0.15) is 12.8 Å². The van der Waals surface area contributed by atoms with Crippen LogP contribution >= 0.6 is 0 Å². The van der Waals surface area contributed by atoms with Gasteiger partial charge in [-0.1, -0.05) is 0 Å². The first-order valence-electron chi connectivity index (χ1n) is 5.18. The Hall–Kier alpha value is -0.160. The van der Waals surface area contributed by atoms with Crippen LogP contribution in [0.3, 0.4) is 0 Å². The van der Waals surface area contributed by atoms with Gasteiger partial charge in [-0.25, -0.2) is 0 Å². The number of hydrogen-bond donors (Lipinski definition) is 1. The van der Waals surface area contributed by atoms with Gasteiger partial charge in [-0.05, 0) is 33.5 Å². The first kappa shape index (κ1) is 13.8. The lowest BCUT2D eigenvalue weighted by molar-refractivity contribution is 0.0404. The highest BCUT2D eigenvalue weighted by Crippen LogP contribution is 1.87. The second-order valence-electron chi connectivity index (χ2n) is 3.46. The van der Waals surface area contributed by atoms with E-state index in [0.29, 0.717) is 26.2 Å². The number of nitrogens with zero attached hydrogens (tertiary/aromatic N) is 1. The van der Waals surface area contributed by atoms with Gasteiger partial charge in [0.25, 0.3) is 0 Å². The highest BCUT2D eigenvalue weighted by molar-refractivity contribution is 4.42. The average Bonchev–Trinajstić information content (AvgIpc) is 2.15. The molecule has 1 N–H and O–H groups in total. The van der Waals surface area contributed by atoms with Gasteiger partial charge in [-0.15, -0.1) is 0 Å². The highest BCUT2D eigenvalue weighted by atomic mass is 16.5. The molecule has 14 heavy (non-hydrogen) atoms. The van der Waals surface area contributed by atoms with Gasteiger partial charge in [0.2, 0.25) is 0 Å². The molecule has 0 unspecified atom stereocenters. The molecule has 0 heterocycles. The second-order valence-corrected chi connectivity index (χ2v) is 3.46. The third kappa shape index (κ3) is 11.8. The molecule has 0 aliphatic carbocycles. The zero-order chi connectivity index (χ0) is 10.6. The summed E-state index contributed by atoms with van der Waals surface area (Å²) in [6.45, 7) is 3.95. The van der Waals surface area contributed by atoms with Gasteiger partial charge in [-0.2, -0.15) is 0 Å². The molecule has 0 aliphatic rings. The Morgan fingerprint density at radius 2 is 1.50 bits per heavy atom. The van der Waals surface area contributed by atoms with Crippen molar-refractivity contribution in [2.75, 3.05) is 53.7 Å². The molecule has 0 rings (SSSR count). The molecule has 0 aliphatic heterocycles. The molecule has 0 aromatic rings. The summed E-state index contributed by atoms with van der Waals surface area (Å²) < 4.78 is 10.6. The van der Waals surface area contributed by atoms with Gasteiger partial charge in [0, 0.05) is 19.8 Å². The van der Waals surface area contributed by atoms with Crippen LogP contribution in [-0.4, -0.2) is 63.7 Å². The van der Waals surface area contributed by atoms with Gasteiger partial charge in [-0.3, -0.25) is 0 Å². The number of ether oxygens (including phenoxy) is 2.